The molecule has 0 radical (unpaired) electrons. The van der Waals surface area contributed by atoms with Gasteiger partial charge in [0.2, 0.25) is 0 Å². The number of aldehydes is 1. The minimum Gasteiger partial charge on any atom is -0.466 e. The molecule has 0 saturated heterocycles. The van der Waals surface area contributed by atoms with Gasteiger partial charge in [-0.15, -0.1) is 0 Å². The summed E-state index contributed by atoms with van der Waals surface area (Å²) in [4.78, 5) is 26.9. The Morgan fingerprint density at radius 2 is 2.21 bits per heavy atom. The lowest BCUT2D eigenvalue weighted by molar-refractivity contribution is -0.144. The van der Waals surface area contributed by atoms with Crippen LogP contribution in [-0.2, 0) is 14.3 Å². The normalized spacial score (nSPS) is 12.1. The number of hydrogen-bond donors (Lipinski definition) is 0. The maximum Gasteiger partial charge on any atom is 0.306 e. The van der Waals surface area contributed by atoms with Crippen molar-refractivity contribution in [1.82, 2.24) is 4.98 Å². The summed E-state index contributed by atoms with van der Waals surface area (Å²) in [6, 6.07) is 9.54. The molecule has 0 spiro atoms. The van der Waals surface area contributed by atoms with E-state index in [1.165, 1.54) is 0 Å². The van der Waals surface area contributed by atoms with E-state index in [9.17, 15) is 9.59 Å². The van der Waals surface area contributed by atoms with E-state index in [1.807, 2.05) is 30.3 Å². The van der Waals surface area contributed by atoms with Gasteiger partial charge in [-0.1, -0.05) is 18.2 Å². The third-order valence-electron chi connectivity index (χ3n) is 2.90. The number of pyridine rings is 1. The Bertz CT molecular complexity index is 595. The van der Waals surface area contributed by atoms with Crippen LogP contribution in [0.25, 0.3) is 10.9 Å². The van der Waals surface area contributed by atoms with Gasteiger partial charge >= 0.3 is 5.97 Å². The van der Waals surface area contributed by atoms with Gasteiger partial charge in [-0.25, -0.2) is 0 Å². The number of benzene rings is 1. The van der Waals surface area contributed by atoms with Crippen LogP contribution < -0.4 is 0 Å². The summed E-state index contributed by atoms with van der Waals surface area (Å²) in [6.45, 7) is 2.06. The first-order valence-corrected chi connectivity index (χ1v) is 6.20. The van der Waals surface area contributed by atoms with E-state index in [2.05, 4.69) is 4.98 Å². The summed E-state index contributed by atoms with van der Waals surface area (Å²) in [5.41, 5.74) is 1.61. The first-order valence-electron chi connectivity index (χ1n) is 6.20. The molecule has 0 saturated carbocycles. The molecular formula is C15H15NO3. The first kappa shape index (κ1) is 13.2. The van der Waals surface area contributed by atoms with Crippen LogP contribution in [0.5, 0.6) is 0 Å². The number of carbonyl (C=O) groups is 2. The Kier molecular flexibility index (Phi) is 4.23. The van der Waals surface area contributed by atoms with E-state index < -0.39 is 5.92 Å². The molecule has 4 nitrogen and oxygen atoms in total. The molecule has 0 amide bonds. The zero-order valence-corrected chi connectivity index (χ0v) is 10.7. The van der Waals surface area contributed by atoms with Crippen LogP contribution in [0.1, 0.15) is 24.8 Å². The number of hydrogen-bond acceptors (Lipinski definition) is 4. The molecule has 4 heteroatoms. The maximum atomic E-state index is 11.4. The summed E-state index contributed by atoms with van der Waals surface area (Å²) in [5, 5.41) is 0.954. The van der Waals surface area contributed by atoms with Gasteiger partial charge < -0.3 is 9.53 Å². The van der Waals surface area contributed by atoms with Crippen molar-refractivity contribution in [1.29, 1.82) is 0 Å². The molecule has 2 rings (SSSR count). The molecule has 0 aliphatic rings. The molecule has 2 aromatic rings. The van der Waals surface area contributed by atoms with Crippen LogP contribution in [0.15, 0.2) is 36.5 Å². The molecule has 0 N–H and O–H groups in total. The molecule has 1 atom stereocenters. The van der Waals surface area contributed by atoms with Crippen molar-refractivity contribution in [3.63, 3.8) is 0 Å². The molecule has 1 aromatic carbocycles. The monoisotopic (exact) mass is 257 g/mol. The van der Waals surface area contributed by atoms with Crippen molar-refractivity contribution >= 4 is 23.2 Å². The summed E-state index contributed by atoms with van der Waals surface area (Å²) in [6.07, 6.45) is 2.46. The van der Waals surface area contributed by atoms with Gasteiger partial charge in [0.05, 0.1) is 24.5 Å². The SMILES string of the molecule is CCOC(=O)CC(C=O)c1cnc2ccccc2c1. The fraction of sp³-hybridized carbons (Fsp3) is 0.267. The molecule has 19 heavy (non-hydrogen) atoms. The molecule has 0 fully saturated rings. The summed E-state index contributed by atoms with van der Waals surface area (Å²) in [5.74, 6) is -0.871. The van der Waals surface area contributed by atoms with Crippen molar-refractivity contribution in [2.45, 2.75) is 19.3 Å². The quantitative estimate of drug-likeness (QED) is 0.610. The van der Waals surface area contributed by atoms with Gasteiger partial charge in [-0.2, -0.15) is 0 Å². The maximum absolute atomic E-state index is 11.4. The molecule has 1 unspecified atom stereocenters. The Labute approximate surface area is 111 Å². The van der Waals surface area contributed by atoms with Gasteiger partial charge in [0.1, 0.15) is 6.29 Å². The van der Waals surface area contributed by atoms with Crippen LogP contribution >= 0.6 is 0 Å². The van der Waals surface area contributed by atoms with Crippen molar-refractivity contribution in [2.24, 2.45) is 0 Å². The summed E-state index contributed by atoms with van der Waals surface area (Å²) >= 11 is 0. The van der Waals surface area contributed by atoms with Crippen molar-refractivity contribution < 1.29 is 14.3 Å². The van der Waals surface area contributed by atoms with Crippen molar-refractivity contribution in [2.75, 3.05) is 6.61 Å². The molecule has 0 bridgehead atoms. The first-order chi connectivity index (χ1) is 9.24. The topological polar surface area (TPSA) is 56.3 Å². The number of ether oxygens (including phenoxy) is 1. The van der Waals surface area contributed by atoms with Crippen LogP contribution in [-0.4, -0.2) is 23.8 Å². The number of aromatic nitrogens is 1. The Balaban J connectivity index is 2.25. The van der Waals surface area contributed by atoms with Crippen LogP contribution in [0.3, 0.4) is 0 Å². The van der Waals surface area contributed by atoms with Crippen LogP contribution in [0.4, 0.5) is 0 Å². The minimum atomic E-state index is -0.504. The van der Waals surface area contributed by atoms with Gasteiger partial charge in [-0.05, 0) is 24.6 Å². The van der Waals surface area contributed by atoms with Gasteiger partial charge in [0, 0.05) is 11.6 Å². The molecular weight excluding hydrogens is 242 g/mol. The minimum absolute atomic E-state index is 0.0529. The standard InChI is InChI=1S/C15H15NO3/c1-2-19-15(18)8-13(10-17)12-7-11-5-3-4-6-14(11)16-9-12/h3-7,9-10,13H,2,8H2,1H3. The highest BCUT2D eigenvalue weighted by atomic mass is 16.5. The van der Waals surface area contributed by atoms with E-state index >= 15 is 0 Å². The highest BCUT2D eigenvalue weighted by Crippen LogP contribution is 2.21. The second kappa shape index (κ2) is 6.09. The second-order valence-electron chi connectivity index (χ2n) is 4.21. The third kappa shape index (κ3) is 3.16. The lowest BCUT2D eigenvalue weighted by Crippen LogP contribution is -2.11. The predicted molar refractivity (Wildman–Crippen MR) is 71.8 cm³/mol. The van der Waals surface area contributed by atoms with E-state index in [1.54, 1.807) is 13.1 Å². The predicted octanol–water partition coefficient (Wildman–Crippen LogP) is 2.47. The number of esters is 1. The van der Waals surface area contributed by atoms with Crippen molar-refractivity contribution in [3.8, 4) is 0 Å². The summed E-state index contributed by atoms with van der Waals surface area (Å²) < 4.78 is 4.86. The number of fused-ring (bicyclic) bond motifs is 1. The lowest BCUT2D eigenvalue weighted by Gasteiger charge is -2.10. The van der Waals surface area contributed by atoms with E-state index in [-0.39, 0.29) is 12.4 Å². The second-order valence-corrected chi connectivity index (χ2v) is 4.21. The summed E-state index contributed by atoms with van der Waals surface area (Å²) in [7, 11) is 0. The molecule has 1 aromatic heterocycles. The third-order valence-corrected chi connectivity index (χ3v) is 2.90. The van der Waals surface area contributed by atoms with E-state index in [0.717, 1.165) is 22.8 Å². The number of rotatable bonds is 5. The Morgan fingerprint density at radius 1 is 1.42 bits per heavy atom. The highest BCUT2D eigenvalue weighted by Gasteiger charge is 2.16. The number of para-hydroxylation sites is 1. The van der Waals surface area contributed by atoms with Gasteiger partial charge in [0.15, 0.2) is 0 Å². The average Bonchev–Trinajstić information content (AvgIpc) is 2.44. The average molecular weight is 257 g/mol. The Hall–Kier alpha value is -2.23. The van der Waals surface area contributed by atoms with Gasteiger partial charge in [-0.3, -0.25) is 9.78 Å². The van der Waals surface area contributed by atoms with E-state index in [4.69, 9.17) is 4.74 Å². The number of carbonyl (C=O) groups excluding carboxylic acids is 2. The molecule has 0 aliphatic carbocycles. The van der Waals surface area contributed by atoms with Crippen LogP contribution in [0.2, 0.25) is 0 Å². The number of nitrogens with zero attached hydrogens (tertiary/aromatic N) is 1. The lowest BCUT2D eigenvalue weighted by atomic mass is 9.97. The molecule has 98 valence electrons. The van der Waals surface area contributed by atoms with Gasteiger partial charge in [0.25, 0.3) is 0 Å². The highest BCUT2D eigenvalue weighted by molar-refractivity contribution is 5.81. The van der Waals surface area contributed by atoms with Crippen LogP contribution in [0, 0.1) is 0 Å². The molecule has 0 aliphatic heterocycles. The van der Waals surface area contributed by atoms with E-state index in [0.29, 0.717) is 6.61 Å². The largest absolute Gasteiger partial charge is 0.466 e. The Morgan fingerprint density at radius 3 is 2.95 bits per heavy atom. The fourth-order valence-corrected chi connectivity index (χ4v) is 1.93. The van der Waals surface area contributed by atoms with Crippen molar-refractivity contribution in [3.05, 3.63) is 42.1 Å². The molecule has 1 heterocycles. The smallest absolute Gasteiger partial charge is 0.306 e. The zero-order valence-electron chi connectivity index (χ0n) is 10.7. The zero-order chi connectivity index (χ0) is 13.7. The fourth-order valence-electron chi connectivity index (χ4n) is 1.93.